The molecule has 2 aliphatic rings. The van der Waals surface area contributed by atoms with Crippen molar-refractivity contribution in [3.05, 3.63) is 51.5 Å². The fourth-order valence-electron chi connectivity index (χ4n) is 3.99. The molecule has 0 radical (unpaired) electrons. The first-order valence-electron chi connectivity index (χ1n) is 9.69. The van der Waals surface area contributed by atoms with Gasteiger partial charge in [0.1, 0.15) is 11.6 Å². The number of nitrogens with zero attached hydrogens (tertiary/aromatic N) is 1. The van der Waals surface area contributed by atoms with E-state index in [2.05, 4.69) is 21.2 Å². The van der Waals surface area contributed by atoms with Gasteiger partial charge in [-0.3, -0.25) is 14.5 Å². The quantitative estimate of drug-likeness (QED) is 0.646. The predicted octanol–water partition coefficient (Wildman–Crippen LogP) is 3.57. The van der Waals surface area contributed by atoms with Gasteiger partial charge in [-0.15, -0.1) is 0 Å². The molecule has 4 rings (SSSR count). The largest absolute Gasteiger partial charge is 0.493 e. The summed E-state index contributed by atoms with van der Waals surface area (Å²) in [5.41, 5.74) is 2.27. The Morgan fingerprint density at radius 1 is 1.19 bits per heavy atom. The van der Waals surface area contributed by atoms with Crippen LogP contribution in [0.2, 0.25) is 0 Å². The molecule has 8 nitrogen and oxygen atoms in total. The molecule has 0 saturated carbocycles. The first kappa shape index (κ1) is 21.2. The Balaban J connectivity index is 1.64. The molecule has 2 heterocycles. The van der Waals surface area contributed by atoms with Crippen LogP contribution in [-0.4, -0.2) is 42.9 Å². The van der Waals surface area contributed by atoms with E-state index >= 15 is 0 Å². The van der Waals surface area contributed by atoms with E-state index in [0.717, 1.165) is 10.0 Å². The Bertz CT molecular complexity index is 1090. The lowest BCUT2D eigenvalue weighted by Gasteiger charge is -2.29. The van der Waals surface area contributed by atoms with Crippen LogP contribution in [0.4, 0.5) is 5.69 Å². The van der Waals surface area contributed by atoms with Crippen molar-refractivity contribution in [2.75, 3.05) is 19.5 Å². The highest BCUT2D eigenvalue weighted by Crippen LogP contribution is 2.45. The molecule has 0 bridgehead atoms. The maximum absolute atomic E-state index is 13.0. The summed E-state index contributed by atoms with van der Waals surface area (Å²) in [6, 6.07) is 7.99. The Hall–Kier alpha value is -3.07. The van der Waals surface area contributed by atoms with Gasteiger partial charge in [-0.25, -0.2) is 4.79 Å². The second-order valence-electron chi connectivity index (χ2n) is 7.33. The Labute approximate surface area is 187 Å². The summed E-state index contributed by atoms with van der Waals surface area (Å²) in [6.45, 7) is 1.92. The minimum atomic E-state index is -1.00. The van der Waals surface area contributed by atoms with Crippen molar-refractivity contribution < 1.29 is 28.6 Å². The minimum Gasteiger partial charge on any atom is -0.493 e. The smallest absolute Gasteiger partial charge is 0.344 e. The van der Waals surface area contributed by atoms with Gasteiger partial charge in [0.15, 0.2) is 11.5 Å². The molecular weight excluding hydrogens is 468 g/mol. The number of anilines is 1. The number of ether oxygens (including phenoxy) is 3. The van der Waals surface area contributed by atoms with Crippen LogP contribution in [0.15, 0.2) is 34.8 Å². The van der Waals surface area contributed by atoms with E-state index in [1.165, 1.54) is 19.1 Å². The van der Waals surface area contributed by atoms with E-state index in [9.17, 15) is 14.4 Å². The Morgan fingerprint density at radius 2 is 1.97 bits per heavy atom. The van der Waals surface area contributed by atoms with E-state index in [1.807, 2.05) is 19.1 Å². The number of hydrogen-bond donors (Lipinski definition) is 1. The summed E-state index contributed by atoms with van der Waals surface area (Å²) in [6.07, 6.45) is -0.481. The molecule has 2 atom stereocenters. The Kier molecular flexibility index (Phi) is 5.62. The number of amides is 2. The molecule has 2 aliphatic heterocycles. The number of aryl methyl sites for hydroxylation is 1. The van der Waals surface area contributed by atoms with Gasteiger partial charge in [-0.2, -0.15) is 0 Å². The van der Waals surface area contributed by atoms with E-state index in [-0.39, 0.29) is 29.5 Å². The topological polar surface area (TPSA) is 94.2 Å². The average Bonchev–Trinajstić information content (AvgIpc) is 3.29. The second-order valence-corrected chi connectivity index (χ2v) is 8.19. The first-order valence-corrected chi connectivity index (χ1v) is 10.5. The van der Waals surface area contributed by atoms with Crippen LogP contribution < -0.4 is 14.8 Å². The lowest BCUT2D eigenvalue weighted by Crippen LogP contribution is -2.43. The highest BCUT2D eigenvalue weighted by atomic mass is 79.9. The van der Waals surface area contributed by atoms with Crippen molar-refractivity contribution in [2.24, 2.45) is 0 Å². The molecular formula is C22H21BrN2O6. The number of fused-ring (bicyclic) bond motifs is 1. The predicted molar refractivity (Wildman–Crippen MR) is 115 cm³/mol. The summed E-state index contributed by atoms with van der Waals surface area (Å²) in [7, 11) is 2.90. The number of nitrogens with one attached hydrogen (secondary N) is 1. The van der Waals surface area contributed by atoms with Crippen molar-refractivity contribution in [3.63, 3.8) is 0 Å². The maximum atomic E-state index is 13.0. The summed E-state index contributed by atoms with van der Waals surface area (Å²) >= 11 is 3.43. The number of benzene rings is 2. The van der Waals surface area contributed by atoms with Crippen LogP contribution in [0, 0.1) is 6.92 Å². The molecule has 1 unspecified atom stereocenters. The number of likely N-dealkylation sites (tertiary alicyclic amines) is 1. The number of methoxy groups -OCH3 is 2. The highest BCUT2D eigenvalue weighted by Gasteiger charge is 2.47. The zero-order valence-electron chi connectivity index (χ0n) is 17.2. The molecule has 2 aromatic rings. The highest BCUT2D eigenvalue weighted by molar-refractivity contribution is 9.10. The molecule has 1 N–H and O–H groups in total. The summed E-state index contributed by atoms with van der Waals surface area (Å²) in [5, 5.41) is 2.86. The van der Waals surface area contributed by atoms with Crippen LogP contribution >= 0.6 is 15.9 Å². The lowest BCUT2D eigenvalue weighted by atomic mass is 10.0. The third kappa shape index (κ3) is 3.63. The van der Waals surface area contributed by atoms with E-state index < -0.39 is 18.2 Å². The van der Waals surface area contributed by atoms with Crippen molar-refractivity contribution >= 4 is 39.4 Å². The van der Waals surface area contributed by atoms with E-state index in [1.54, 1.807) is 18.2 Å². The third-order valence-electron chi connectivity index (χ3n) is 5.50. The van der Waals surface area contributed by atoms with Crippen molar-refractivity contribution in [1.82, 2.24) is 4.90 Å². The number of halogens is 1. The molecule has 9 heteroatoms. The van der Waals surface area contributed by atoms with Crippen LogP contribution in [0.25, 0.3) is 0 Å². The average molecular weight is 489 g/mol. The molecule has 1 saturated heterocycles. The zero-order chi connectivity index (χ0) is 22.3. The molecule has 0 aliphatic carbocycles. The van der Waals surface area contributed by atoms with Gasteiger partial charge in [-0.05, 0) is 49.2 Å². The first-order chi connectivity index (χ1) is 14.8. The molecule has 2 amide bonds. The third-order valence-corrected chi connectivity index (χ3v) is 6.39. The molecule has 0 aromatic heterocycles. The fourth-order valence-corrected chi connectivity index (χ4v) is 4.24. The second kappa shape index (κ2) is 8.22. The van der Waals surface area contributed by atoms with Gasteiger partial charge in [0.25, 0.3) is 0 Å². The fraction of sp³-hybridized carbons (Fsp3) is 0.318. The number of carbonyl (C=O) groups excluding carboxylic acids is 3. The van der Waals surface area contributed by atoms with Gasteiger partial charge in [-0.1, -0.05) is 15.9 Å². The number of rotatable bonds is 5. The van der Waals surface area contributed by atoms with Gasteiger partial charge in [0.05, 0.1) is 14.2 Å². The monoisotopic (exact) mass is 488 g/mol. The van der Waals surface area contributed by atoms with Crippen molar-refractivity contribution in [2.45, 2.75) is 32.0 Å². The van der Waals surface area contributed by atoms with Gasteiger partial charge in [0.2, 0.25) is 18.0 Å². The number of hydrogen-bond acceptors (Lipinski definition) is 6. The summed E-state index contributed by atoms with van der Waals surface area (Å²) in [5.74, 6) is -0.597. The molecule has 31 heavy (non-hydrogen) atoms. The normalized spacial score (nSPS) is 19.8. The molecule has 2 aromatic carbocycles. The lowest BCUT2D eigenvalue weighted by molar-refractivity contribution is -0.144. The van der Waals surface area contributed by atoms with Crippen LogP contribution in [0.1, 0.15) is 40.6 Å². The SMILES string of the molecule is COc1ccc2c(c1OC)C(=O)OC2N1C(=O)CC[C@H]1C(=O)Nc1ccc(Br)c(C)c1. The minimum absolute atomic E-state index is 0.189. The molecule has 0 spiro atoms. The Morgan fingerprint density at radius 3 is 2.65 bits per heavy atom. The maximum Gasteiger partial charge on any atom is 0.344 e. The van der Waals surface area contributed by atoms with Gasteiger partial charge < -0.3 is 19.5 Å². The van der Waals surface area contributed by atoms with E-state index in [0.29, 0.717) is 23.4 Å². The number of cyclic esters (lactones) is 1. The van der Waals surface area contributed by atoms with Crippen LogP contribution in [-0.2, 0) is 14.3 Å². The zero-order valence-corrected chi connectivity index (χ0v) is 18.8. The van der Waals surface area contributed by atoms with Gasteiger partial charge in [0, 0.05) is 22.1 Å². The molecule has 1 fully saturated rings. The standard InChI is InChI=1S/C22H21BrN2O6/c1-11-10-12(4-6-14(11)23)24-20(27)15-7-9-17(26)25(15)21-13-5-8-16(29-2)19(30-3)18(13)22(28)31-21/h4-6,8,10,15,21H,7,9H2,1-3H3,(H,24,27)/t15-,21?/m0/s1. The number of esters is 1. The summed E-state index contributed by atoms with van der Waals surface area (Å²) in [4.78, 5) is 39.7. The van der Waals surface area contributed by atoms with Crippen LogP contribution in [0.3, 0.4) is 0 Å². The molecule has 162 valence electrons. The van der Waals surface area contributed by atoms with Crippen LogP contribution in [0.5, 0.6) is 11.5 Å². The van der Waals surface area contributed by atoms with Crippen molar-refractivity contribution in [3.8, 4) is 11.5 Å². The van der Waals surface area contributed by atoms with Gasteiger partial charge >= 0.3 is 5.97 Å². The van der Waals surface area contributed by atoms with Crippen molar-refractivity contribution in [1.29, 1.82) is 0 Å². The van der Waals surface area contributed by atoms with E-state index in [4.69, 9.17) is 14.2 Å². The number of carbonyl (C=O) groups is 3. The summed E-state index contributed by atoms with van der Waals surface area (Å²) < 4.78 is 17.1.